The smallest absolute Gasteiger partial charge is 0.0778 e. The third-order valence-corrected chi connectivity index (χ3v) is 3.62. The van der Waals surface area contributed by atoms with E-state index in [-0.39, 0.29) is 5.41 Å². The molecule has 0 aromatic heterocycles. The number of nitrogens with one attached hydrogen (secondary N) is 1. The maximum Gasteiger partial charge on any atom is 0.0778 e. The maximum absolute atomic E-state index is 6.02. The van der Waals surface area contributed by atoms with Gasteiger partial charge in [-0.25, -0.2) is 0 Å². The minimum Gasteiger partial charge on any atom is -0.376 e. The van der Waals surface area contributed by atoms with Gasteiger partial charge in [0.05, 0.1) is 6.10 Å². The van der Waals surface area contributed by atoms with Crippen LogP contribution in [0.1, 0.15) is 53.9 Å². The number of hydrogen-bond donors (Lipinski definition) is 1. The van der Waals surface area contributed by atoms with Crippen LogP contribution in [0.2, 0.25) is 0 Å². The Hall–Kier alpha value is -0.0800. The molecule has 0 spiro atoms. The zero-order valence-electron chi connectivity index (χ0n) is 11.7. The van der Waals surface area contributed by atoms with Crippen molar-refractivity contribution in [2.75, 3.05) is 13.2 Å². The van der Waals surface area contributed by atoms with Crippen molar-refractivity contribution in [2.45, 2.75) is 66.0 Å². The Balaban J connectivity index is 2.69. The molecule has 2 unspecified atom stereocenters. The summed E-state index contributed by atoms with van der Waals surface area (Å²) in [6.07, 6.45) is 4.48. The van der Waals surface area contributed by atoms with E-state index in [2.05, 4.69) is 39.9 Å². The van der Waals surface area contributed by atoms with Gasteiger partial charge < -0.3 is 10.1 Å². The van der Waals surface area contributed by atoms with Crippen molar-refractivity contribution < 1.29 is 4.74 Å². The van der Waals surface area contributed by atoms with Crippen LogP contribution in [0.4, 0.5) is 0 Å². The molecule has 2 heteroatoms. The van der Waals surface area contributed by atoms with Crippen LogP contribution in [-0.4, -0.2) is 25.3 Å². The van der Waals surface area contributed by atoms with Crippen molar-refractivity contribution in [3.63, 3.8) is 0 Å². The molecule has 1 aliphatic carbocycles. The van der Waals surface area contributed by atoms with E-state index < -0.39 is 0 Å². The lowest BCUT2D eigenvalue weighted by Gasteiger charge is -2.44. The van der Waals surface area contributed by atoms with Gasteiger partial charge in [0.2, 0.25) is 0 Å². The van der Waals surface area contributed by atoms with E-state index in [1.165, 1.54) is 19.3 Å². The van der Waals surface area contributed by atoms with Gasteiger partial charge in [0.15, 0.2) is 0 Å². The van der Waals surface area contributed by atoms with Crippen LogP contribution in [0.5, 0.6) is 0 Å². The van der Waals surface area contributed by atoms with Crippen LogP contribution in [0.15, 0.2) is 0 Å². The molecule has 2 nitrogen and oxygen atoms in total. The fraction of sp³-hybridized carbons (Fsp3) is 1.00. The lowest BCUT2D eigenvalue weighted by molar-refractivity contribution is -0.0573. The number of hydrogen-bond acceptors (Lipinski definition) is 2. The molecule has 0 aliphatic heterocycles. The summed E-state index contributed by atoms with van der Waals surface area (Å²) in [5, 5.41) is 3.65. The van der Waals surface area contributed by atoms with Crippen molar-refractivity contribution in [1.29, 1.82) is 0 Å². The first-order valence-corrected chi connectivity index (χ1v) is 6.85. The van der Waals surface area contributed by atoms with Gasteiger partial charge in [-0.3, -0.25) is 0 Å². The van der Waals surface area contributed by atoms with E-state index in [9.17, 15) is 0 Å². The molecule has 0 aromatic rings. The molecule has 0 amide bonds. The highest BCUT2D eigenvalue weighted by atomic mass is 16.5. The largest absolute Gasteiger partial charge is 0.376 e. The Labute approximate surface area is 101 Å². The molecule has 1 aliphatic rings. The molecular weight excluding hydrogens is 198 g/mol. The summed E-state index contributed by atoms with van der Waals surface area (Å²) < 4.78 is 6.02. The van der Waals surface area contributed by atoms with Gasteiger partial charge in [0, 0.05) is 12.6 Å². The molecular formula is C14H29NO. The van der Waals surface area contributed by atoms with Crippen LogP contribution < -0.4 is 5.32 Å². The highest BCUT2D eigenvalue weighted by molar-refractivity contribution is 4.93. The van der Waals surface area contributed by atoms with E-state index >= 15 is 0 Å². The molecule has 2 atom stereocenters. The van der Waals surface area contributed by atoms with E-state index in [1.807, 2.05) is 0 Å². The minimum atomic E-state index is 0.221. The molecule has 1 rings (SSSR count). The predicted octanol–water partition coefficient (Wildman–Crippen LogP) is 3.22. The van der Waals surface area contributed by atoms with Crippen molar-refractivity contribution in [3.8, 4) is 0 Å². The summed E-state index contributed by atoms with van der Waals surface area (Å²) in [5.74, 6) is 0.829. The van der Waals surface area contributed by atoms with Gasteiger partial charge in [-0.1, -0.05) is 34.1 Å². The Bertz CT molecular complexity index is 193. The summed E-state index contributed by atoms with van der Waals surface area (Å²) in [7, 11) is 0. The van der Waals surface area contributed by atoms with Crippen molar-refractivity contribution in [3.05, 3.63) is 0 Å². The van der Waals surface area contributed by atoms with Gasteiger partial charge in [-0.2, -0.15) is 0 Å². The van der Waals surface area contributed by atoms with E-state index in [4.69, 9.17) is 4.74 Å². The van der Waals surface area contributed by atoms with Gasteiger partial charge in [0.1, 0.15) is 0 Å². The third-order valence-electron chi connectivity index (χ3n) is 3.62. The molecule has 1 N–H and O–H groups in total. The number of rotatable bonds is 6. The highest BCUT2D eigenvalue weighted by Crippen LogP contribution is 2.36. The van der Waals surface area contributed by atoms with Gasteiger partial charge in [0.25, 0.3) is 0 Å². The first-order valence-electron chi connectivity index (χ1n) is 6.85. The maximum atomic E-state index is 6.02. The lowest BCUT2D eigenvalue weighted by Crippen LogP contribution is -2.53. The highest BCUT2D eigenvalue weighted by Gasteiger charge is 2.39. The van der Waals surface area contributed by atoms with E-state index in [0.29, 0.717) is 12.1 Å². The molecule has 0 saturated heterocycles. The zero-order chi connectivity index (χ0) is 12.2. The Morgan fingerprint density at radius 2 is 1.88 bits per heavy atom. The fourth-order valence-electron chi connectivity index (χ4n) is 2.63. The molecule has 0 bridgehead atoms. The molecule has 1 fully saturated rings. The van der Waals surface area contributed by atoms with Crippen LogP contribution in [0.25, 0.3) is 0 Å². The number of likely N-dealkylation sites (N-methyl/N-ethyl adjacent to an activating group) is 1. The first-order chi connectivity index (χ1) is 7.50. The second kappa shape index (κ2) is 6.02. The van der Waals surface area contributed by atoms with E-state index in [0.717, 1.165) is 19.1 Å². The second-order valence-electron chi connectivity index (χ2n) is 6.02. The topological polar surface area (TPSA) is 21.3 Å². The average molecular weight is 227 g/mol. The molecule has 96 valence electrons. The third kappa shape index (κ3) is 3.46. The molecule has 0 heterocycles. The standard InChI is InChI=1S/C14H29NO/c1-6-15-12(11-9-8-10-11)13(16-7-2)14(3,4)5/h11-13,15H,6-10H2,1-5H3. The van der Waals surface area contributed by atoms with Gasteiger partial charge in [-0.15, -0.1) is 0 Å². The Morgan fingerprint density at radius 3 is 2.19 bits per heavy atom. The molecule has 0 radical (unpaired) electrons. The lowest BCUT2D eigenvalue weighted by atomic mass is 9.72. The normalized spacial score (nSPS) is 21.6. The van der Waals surface area contributed by atoms with E-state index in [1.54, 1.807) is 0 Å². The van der Waals surface area contributed by atoms with Crippen molar-refractivity contribution >= 4 is 0 Å². The van der Waals surface area contributed by atoms with Gasteiger partial charge in [-0.05, 0) is 37.6 Å². The quantitative estimate of drug-likeness (QED) is 0.752. The summed E-state index contributed by atoms with van der Waals surface area (Å²) in [4.78, 5) is 0. The van der Waals surface area contributed by atoms with Crippen LogP contribution in [-0.2, 0) is 4.74 Å². The van der Waals surface area contributed by atoms with Crippen LogP contribution in [0, 0.1) is 11.3 Å². The SMILES string of the molecule is CCNC(C1CCC1)C(OCC)C(C)(C)C. The summed E-state index contributed by atoms with van der Waals surface area (Å²) in [6.45, 7) is 13.0. The summed E-state index contributed by atoms with van der Waals surface area (Å²) in [5.41, 5.74) is 0.221. The Kier molecular flexibility index (Phi) is 5.26. The molecule has 16 heavy (non-hydrogen) atoms. The molecule has 1 saturated carbocycles. The Morgan fingerprint density at radius 1 is 1.25 bits per heavy atom. The summed E-state index contributed by atoms with van der Waals surface area (Å²) in [6, 6.07) is 0.540. The van der Waals surface area contributed by atoms with Crippen molar-refractivity contribution in [1.82, 2.24) is 5.32 Å². The van der Waals surface area contributed by atoms with Gasteiger partial charge >= 0.3 is 0 Å². The fourth-order valence-corrected chi connectivity index (χ4v) is 2.63. The van der Waals surface area contributed by atoms with Crippen molar-refractivity contribution in [2.24, 2.45) is 11.3 Å². The zero-order valence-corrected chi connectivity index (χ0v) is 11.7. The van der Waals surface area contributed by atoms with Crippen LogP contribution >= 0.6 is 0 Å². The van der Waals surface area contributed by atoms with Crippen LogP contribution in [0.3, 0.4) is 0 Å². The minimum absolute atomic E-state index is 0.221. The summed E-state index contributed by atoms with van der Waals surface area (Å²) >= 11 is 0. The predicted molar refractivity (Wildman–Crippen MR) is 69.7 cm³/mol. The monoisotopic (exact) mass is 227 g/mol. The molecule has 0 aromatic carbocycles. The average Bonchev–Trinajstić information content (AvgIpc) is 2.09. The second-order valence-corrected chi connectivity index (χ2v) is 6.02. The number of ether oxygens (including phenoxy) is 1. The first kappa shape index (κ1) is 14.0.